The van der Waals surface area contributed by atoms with Gasteiger partial charge in [-0.2, -0.15) is 9.78 Å². The van der Waals surface area contributed by atoms with E-state index in [-0.39, 0.29) is 63.8 Å². The largest absolute Gasteiger partial charge is 0.481 e. The number of benzene rings is 1. The highest BCUT2D eigenvalue weighted by atomic mass is 35.5. The third kappa shape index (κ3) is 7.41. The van der Waals surface area contributed by atoms with Gasteiger partial charge >= 0.3 is 18.0 Å². The average Bonchev–Trinajstić information content (AvgIpc) is 3.40. The van der Waals surface area contributed by atoms with Crippen LogP contribution < -0.4 is 10.1 Å². The lowest BCUT2D eigenvalue weighted by molar-refractivity contribution is -0.170. The number of carboxylic acids is 1. The molecule has 15 heteroatoms. The SMILES string of the molecule is CCOC(=O)N1CCN(C(=O)C(CCC(=O)O)NC(=O)c2cc(OC3(C(=O)OCC)CCC3)n(-c3ccccc3Cl)n2)CC1. The minimum atomic E-state index is -1.24. The molecule has 1 aliphatic heterocycles. The number of aliphatic carboxylic acids is 1. The number of hydrogen-bond acceptors (Lipinski definition) is 9. The number of carbonyl (C=O) groups is 5. The number of halogens is 1. The van der Waals surface area contributed by atoms with Gasteiger partial charge in [0.25, 0.3) is 5.91 Å². The molecule has 0 spiro atoms. The van der Waals surface area contributed by atoms with E-state index >= 15 is 0 Å². The fraction of sp³-hybridized carbons (Fsp3) is 0.517. The monoisotopic (exact) mass is 633 g/mol. The summed E-state index contributed by atoms with van der Waals surface area (Å²) >= 11 is 6.43. The maximum absolute atomic E-state index is 13.5. The zero-order chi connectivity index (χ0) is 31.9. The first kappa shape index (κ1) is 32.6. The molecule has 1 aromatic carbocycles. The normalized spacial score (nSPS) is 16.3. The molecule has 1 aliphatic carbocycles. The molecule has 1 unspecified atom stereocenters. The van der Waals surface area contributed by atoms with Crippen LogP contribution in [0.1, 0.15) is 56.4 Å². The number of esters is 1. The number of ether oxygens (including phenoxy) is 3. The lowest BCUT2D eigenvalue weighted by atomic mass is 9.80. The van der Waals surface area contributed by atoms with Crippen LogP contribution in [0.5, 0.6) is 5.88 Å². The molecule has 14 nitrogen and oxygen atoms in total. The summed E-state index contributed by atoms with van der Waals surface area (Å²) in [6.45, 7) is 4.63. The summed E-state index contributed by atoms with van der Waals surface area (Å²) < 4.78 is 17.8. The summed E-state index contributed by atoms with van der Waals surface area (Å²) in [6.07, 6.45) is 0.553. The van der Waals surface area contributed by atoms with Crippen molar-refractivity contribution < 1.29 is 43.3 Å². The van der Waals surface area contributed by atoms with E-state index in [1.165, 1.54) is 20.5 Å². The highest BCUT2D eigenvalue weighted by molar-refractivity contribution is 6.32. The standard InChI is InChI=1S/C29H36ClN5O9/c1-3-42-27(40)29(12-7-13-29)44-23-18-21(32-35(23)22-9-6-5-8-19(22)30)25(38)31-20(10-11-24(36)37)26(39)33-14-16-34(17-15-33)28(41)43-4-2/h5-6,8-9,18,20H,3-4,7,10-17H2,1-2H3,(H,31,38)(H,36,37). The number of amides is 3. The Balaban J connectivity index is 1.57. The first-order chi connectivity index (χ1) is 21.1. The van der Waals surface area contributed by atoms with Crippen molar-refractivity contribution in [3.63, 3.8) is 0 Å². The third-order valence-electron chi connectivity index (χ3n) is 7.47. The Morgan fingerprint density at radius 1 is 1.02 bits per heavy atom. The topological polar surface area (TPSA) is 170 Å². The van der Waals surface area contributed by atoms with Crippen LogP contribution in [0.3, 0.4) is 0 Å². The summed E-state index contributed by atoms with van der Waals surface area (Å²) in [5, 5.41) is 16.6. The van der Waals surface area contributed by atoms with Crippen LogP contribution in [0.25, 0.3) is 5.69 Å². The van der Waals surface area contributed by atoms with Gasteiger partial charge in [0.15, 0.2) is 5.69 Å². The smallest absolute Gasteiger partial charge is 0.409 e. The van der Waals surface area contributed by atoms with E-state index in [2.05, 4.69) is 10.4 Å². The third-order valence-corrected chi connectivity index (χ3v) is 7.79. The van der Waals surface area contributed by atoms with Crippen LogP contribution in [0.2, 0.25) is 5.02 Å². The van der Waals surface area contributed by atoms with Gasteiger partial charge in [-0.25, -0.2) is 9.59 Å². The number of aromatic nitrogens is 2. The summed E-state index contributed by atoms with van der Waals surface area (Å²) in [5.41, 5.74) is -0.993. The predicted octanol–water partition coefficient (Wildman–Crippen LogP) is 2.65. The Kier molecular flexibility index (Phi) is 10.7. The molecule has 2 N–H and O–H groups in total. The lowest BCUT2D eigenvalue weighted by Gasteiger charge is -2.38. The lowest BCUT2D eigenvalue weighted by Crippen LogP contribution is -2.56. The second-order valence-electron chi connectivity index (χ2n) is 10.4. The average molecular weight is 634 g/mol. The van der Waals surface area contributed by atoms with Gasteiger partial charge in [0, 0.05) is 38.7 Å². The molecule has 0 radical (unpaired) electrons. The van der Waals surface area contributed by atoms with Crippen molar-refractivity contribution in [3.05, 3.63) is 41.0 Å². The maximum Gasteiger partial charge on any atom is 0.409 e. The van der Waals surface area contributed by atoms with E-state index in [1.807, 2.05) is 0 Å². The Morgan fingerprint density at radius 2 is 1.68 bits per heavy atom. The molecule has 4 rings (SSSR count). The number of carboxylic acid groups (broad SMARTS) is 1. The molecule has 2 fully saturated rings. The zero-order valence-electron chi connectivity index (χ0n) is 24.6. The van der Waals surface area contributed by atoms with Crippen LogP contribution in [0, 0.1) is 0 Å². The van der Waals surface area contributed by atoms with Gasteiger partial charge in [0.05, 0.1) is 23.9 Å². The molecule has 1 atom stereocenters. The van der Waals surface area contributed by atoms with Gasteiger partial charge in [-0.1, -0.05) is 23.7 Å². The van der Waals surface area contributed by atoms with Crippen LogP contribution in [-0.4, -0.2) is 106 Å². The molecule has 1 aromatic heterocycles. The molecular weight excluding hydrogens is 598 g/mol. The van der Waals surface area contributed by atoms with Gasteiger partial charge in [-0.3, -0.25) is 14.4 Å². The predicted molar refractivity (Wildman–Crippen MR) is 156 cm³/mol. The Labute approximate surface area is 259 Å². The molecule has 2 heterocycles. The molecule has 1 saturated carbocycles. The summed E-state index contributed by atoms with van der Waals surface area (Å²) in [6, 6.07) is 6.90. The number of piperazine rings is 1. The highest BCUT2D eigenvalue weighted by Crippen LogP contribution is 2.39. The van der Waals surface area contributed by atoms with Gasteiger partial charge < -0.3 is 34.4 Å². The Morgan fingerprint density at radius 3 is 2.27 bits per heavy atom. The van der Waals surface area contributed by atoms with Gasteiger partial charge in [-0.15, -0.1) is 0 Å². The molecule has 2 aliphatic rings. The first-order valence-electron chi connectivity index (χ1n) is 14.5. The van der Waals surface area contributed by atoms with Crippen molar-refractivity contribution in [3.8, 4) is 11.6 Å². The van der Waals surface area contributed by atoms with Crippen molar-refractivity contribution in [2.75, 3.05) is 39.4 Å². The van der Waals surface area contributed by atoms with Crippen molar-refractivity contribution >= 4 is 41.4 Å². The number of rotatable bonds is 12. The van der Waals surface area contributed by atoms with E-state index in [0.717, 1.165) is 6.42 Å². The molecule has 238 valence electrons. The molecule has 0 bridgehead atoms. The van der Waals surface area contributed by atoms with Gasteiger partial charge in [0.2, 0.25) is 17.4 Å². The second kappa shape index (κ2) is 14.4. The molecule has 44 heavy (non-hydrogen) atoms. The number of nitrogens with one attached hydrogen (secondary N) is 1. The van der Waals surface area contributed by atoms with E-state index in [1.54, 1.807) is 38.1 Å². The maximum atomic E-state index is 13.5. The van der Waals surface area contributed by atoms with Crippen LogP contribution >= 0.6 is 11.6 Å². The van der Waals surface area contributed by atoms with Crippen molar-refractivity contribution in [2.45, 2.75) is 57.6 Å². The summed E-state index contributed by atoms with van der Waals surface area (Å²) in [5.74, 6) is -2.83. The quantitative estimate of drug-likeness (QED) is 0.331. The minimum Gasteiger partial charge on any atom is -0.481 e. The number of carbonyl (C=O) groups excluding carboxylic acids is 4. The van der Waals surface area contributed by atoms with Gasteiger partial charge in [-0.05, 0) is 51.7 Å². The first-order valence-corrected chi connectivity index (χ1v) is 14.9. The zero-order valence-corrected chi connectivity index (χ0v) is 25.4. The van der Waals surface area contributed by atoms with E-state index < -0.39 is 41.5 Å². The van der Waals surface area contributed by atoms with E-state index in [4.69, 9.17) is 25.8 Å². The fourth-order valence-electron chi connectivity index (χ4n) is 4.95. The number of para-hydroxylation sites is 1. The van der Waals surface area contributed by atoms with Crippen molar-refractivity contribution in [1.82, 2.24) is 24.9 Å². The van der Waals surface area contributed by atoms with Gasteiger partial charge in [0.1, 0.15) is 6.04 Å². The minimum absolute atomic E-state index is 0.0690. The Hall–Kier alpha value is -4.33. The van der Waals surface area contributed by atoms with E-state index in [0.29, 0.717) is 23.6 Å². The van der Waals surface area contributed by atoms with Crippen LogP contribution in [0.4, 0.5) is 4.79 Å². The van der Waals surface area contributed by atoms with Crippen molar-refractivity contribution in [1.29, 1.82) is 0 Å². The summed E-state index contributed by atoms with van der Waals surface area (Å²) in [7, 11) is 0. The van der Waals surface area contributed by atoms with Crippen molar-refractivity contribution in [2.24, 2.45) is 0 Å². The molecule has 3 amide bonds. The number of hydrogen-bond donors (Lipinski definition) is 2. The molecular formula is C29H36ClN5O9. The van der Waals surface area contributed by atoms with Crippen LogP contribution in [0.15, 0.2) is 30.3 Å². The van der Waals surface area contributed by atoms with Crippen LogP contribution in [-0.2, 0) is 23.9 Å². The Bertz CT molecular complexity index is 1380. The number of nitrogens with zero attached hydrogens (tertiary/aromatic N) is 4. The van der Waals surface area contributed by atoms with E-state index in [9.17, 15) is 29.1 Å². The summed E-state index contributed by atoms with van der Waals surface area (Å²) in [4.78, 5) is 66.1. The fourth-order valence-corrected chi connectivity index (χ4v) is 5.17. The second-order valence-corrected chi connectivity index (χ2v) is 10.8. The molecule has 2 aromatic rings. The highest BCUT2D eigenvalue weighted by Gasteiger charge is 2.49. The molecule has 1 saturated heterocycles.